The molecule has 4 aliphatic carbocycles. The molecule has 0 bridgehead atoms. The number of carbonyl (C=O) groups is 1. The van der Waals surface area contributed by atoms with E-state index in [1.165, 1.54) is 31.3 Å². The van der Waals surface area contributed by atoms with Gasteiger partial charge in [0.05, 0.1) is 23.5 Å². The molecule has 0 spiro atoms. The van der Waals surface area contributed by atoms with Crippen molar-refractivity contribution in [1.29, 1.82) is 0 Å². The zero-order chi connectivity index (χ0) is 31.6. The van der Waals surface area contributed by atoms with Crippen LogP contribution in [-0.4, -0.2) is 44.6 Å². The predicted octanol–water partition coefficient (Wildman–Crippen LogP) is 7.57. The average Bonchev–Trinajstić information content (AvgIpc) is 3.52. The van der Waals surface area contributed by atoms with E-state index in [-0.39, 0.29) is 28.8 Å². The molecule has 2 N–H and O–H groups in total. The van der Waals surface area contributed by atoms with Crippen LogP contribution in [0.5, 0.6) is 0 Å². The lowest BCUT2D eigenvalue weighted by molar-refractivity contribution is -0.156. The molecule has 0 aromatic carbocycles. The smallest absolute Gasteiger partial charge is 0.308 e. The Kier molecular flexibility index (Phi) is 10.3. The fourth-order valence-corrected chi connectivity index (χ4v) is 8.76. The molecule has 4 fully saturated rings. The van der Waals surface area contributed by atoms with Crippen molar-refractivity contribution < 1.29 is 24.3 Å². The summed E-state index contributed by atoms with van der Waals surface area (Å²) in [6.45, 7) is 15.1. The Hall–Kier alpha value is -2.25. The van der Waals surface area contributed by atoms with Crippen LogP contribution in [0.1, 0.15) is 130 Å². The summed E-state index contributed by atoms with van der Waals surface area (Å²) in [6.07, 6.45) is 16.1. The molecule has 1 unspecified atom stereocenters. The highest BCUT2D eigenvalue weighted by Crippen LogP contribution is 2.60. The largest absolute Gasteiger partial charge is 0.461 e. The quantitative estimate of drug-likeness (QED) is 0.236. The Morgan fingerprint density at radius 1 is 1.16 bits per heavy atom. The fourth-order valence-electron chi connectivity index (χ4n) is 8.76. The number of ether oxygens (including phenoxy) is 1. The number of aliphatic hydroxyl groups is 2. The van der Waals surface area contributed by atoms with Gasteiger partial charge in [-0.05, 0) is 111 Å². The Morgan fingerprint density at radius 3 is 2.64 bits per heavy atom. The van der Waals surface area contributed by atoms with Gasteiger partial charge in [0.1, 0.15) is 6.10 Å². The standard InChI is InChI=1S/C37H56N2O5/c1-7-10-33-38-35(44-39-33)37(19-20-37)32(43-34(42)23(3)8-2)17-12-24(4)29-15-16-30-26(11-9-18-36(29,30)6)13-14-27-21-28(40)22-31(41)25(27)5/h13-14,23-24,28-32,40-41H,5,7-12,15-22H2,1-4,6H3/t23?,24-,28-,29-,30+,31+,32+,36-/m1/s1. The van der Waals surface area contributed by atoms with Crippen molar-refractivity contribution in [3.8, 4) is 0 Å². The molecule has 4 aliphatic rings. The molecule has 0 amide bonds. The highest BCUT2D eigenvalue weighted by molar-refractivity contribution is 5.72. The molecule has 244 valence electrons. The fraction of sp³-hybridized carbons (Fsp3) is 0.757. The van der Waals surface area contributed by atoms with Crippen LogP contribution in [0.25, 0.3) is 0 Å². The maximum absolute atomic E-state index is 13.1. The van der Waals surface area contributed by atoms with Crippen LogP contribution in [0.15, 0.2) is 40.0 Å². The molecule has 0 saturated heterocycles. The summed E-state index contributed by atoms with van der Waals surface area (Å²) in [5.41, 5.74) is 3.14. The van der Waals surface area contributed by atoms with Crippen LogP contribution in [0, 0.1) is 29.1 Å². The van der Waals surface area contributed by atoms with Gasteiger partial charge in [-0.15, -0.1) is 0 Å². The van der Waals surface area contributed by atoms with Gasteiger partial charge in [-0.25, -0.2) is 0 Å². The van der Waals surface area contributed by atoms with Crippen LogP contribution < -0.4 is 0 Å². The highest BCUT2D eigenvalue weighted by Gasteiger charge is 2.58. The van der Waals surface area contributed by atoms with E-state index < -0.39 is 12.2 Å². The summed E-state index contributed by atoms with van der Waals surface area (Å²) in [6, 6.07) is 0. The number of carbonyl (C=O) groups excluding carboxylic acids is 1. The van der Waals surface area contributed by atoms with Crippen molar-refractivity contribution in [2.24, 2.45) is 29.1 Å². The molecular formula is C37H56N2O5. The van der Waals surface area contributed by atoms with Crippen molar-refractivity contribution in [3.05, 3.63) is 47.2 Å². The van der Waals surface area contributed by atoms with Gasteiger partial charge in [0.15, 0.2) is 5.82 Å². The van der Waals surface area contributed by atoms with Crippen LogP contribution >= 0.6 is 0 Å². The number of nitrogens with zero attached hydrogens (tertiary/aromatic N) is 2. The van der Waals surface area contributed by atoms with E-state index in [1.54, 1.807) is 0 Å². The normalized spacial score (nSPS) is 33.7. The molecule has 8 atom stereocenters. The minimum atomic E-state index is -0.655. The van der Waals surface area contributed by atoms with Crippen LogP contribution in [-0.2, 0) is 21.4 Å². The van der Waals surface area contributed by atoms with Crippen molar-refractivity contribution in [3.63, 3.8) is 0 Å². The number of rotatable bonds is 12. The molecular weight excluding hydrogens is 552 g/mol. The SMILES string of the molecule is C=C1C(=CC=C2CCC[C@]3(C)[C@@H]([C@H](C)CC[C@H](OC(=O)C(C)CC)C4(c5nc(CCC)no5)CC4)CC[C@@H]23)C[C@@H](O)C[C@@H]1O. The molecule has 1 aromatic heterocycles. The van der Waals surface area contributed by atoms with Gasteiger partial charge in [-0.3, -0.25) is 4.79 Å². The number of fused-ring (bicyclic) bond motifs is 1. The summed E-state index contributed by atoms with van der Waals surface area (Å²) in [7, 11) is 0. The summed E-state index contributed by atoms with van der Waals surface area (Å²) >= 11 is 0. The van der Waals surface area contributed by atoms with Crippen molar-refractivity contribution in [1.82, 2.24) is 10.1 Å². The van der Waals surface area contributed by atoms with E-state index in [0.717, 1.165) is 68.3 Å². The minimum Gasteiger partial charge on any atom is -0.461 e. The van der Waals surface area contributed by atoms with E-state index in [2.05, 4.69) is 44.7 Å². The van der Waals surface area contributed by atoms with Gasteiger partial charge in [0, 0.05) is 12.8 Å². The number of aryl methyl sites for hydroxylation is 1. The predicted molar refractivity (Wildman–Crippen MR) is 172 cm³/mol. The van der Waals surface area contributed by atoms with E-state index in [4.69, 9.17) is 14.2 Å². The number of esters is 1. The third-order valence-corrected chi connectivity index (χ3v) is 11.9. The molecule has 0 radical (unpaired) electrons. The Morgan fingerprint density at radius 2 is 1.93 bits per heavy atom. The van der Waals surface area contributed by atoms with Gasteiger partial charge in [-0.2, -0.15) is 4.98 Å². The summed E-state index contributed by atoms with van der Waals surface area (Å²) in [4.78, 5) is 17.8. The zero-order valence-electron chi connectivity index (χ0n) is 27.8. The molecule has 5 rings (SSSR count). The third-order valence-electron chi connectivity index (χ3n) is 11.9. The Balaban J connectivity index is 1.29. The molecule has 1 heterocycles. The first-order chi connectivity index (χ1) is 21.0. The monoisotopic (exact) mass is 608 g/mol. The average molecular weight is 609 g/mol. The first-order valence-electron chi connectivity index (χ1n) is 17.5. The third kappa shape index (κ3) is 6.65. The van der Waals surface area contributed by atoms with Crippen molar-refractivity contribution >= 4 is 5.97 Å². The van der Waals surface area contributed by atoms with Crippen LogP contribution in [0.3, 0.4) is 0 Å². The molecule has 44 heavy (non-hydrogen) atoms. The van der Waals surface area contributed by atoms with Gasteiger partial charge >= 0.3 is 5.97 Å². The lowest BCUT2D eigenvalue weighted by Crippen LogP contribution is -2.37. The number of allylic oxidation sites excluding steroid dienone is 3. The maximum atomic E-state index is 13.1. The number of aromatic nitrogens is 2. The highest BCUT2D eigenvalue weighted by atomic mass is 16.5. The second-order valence-corrected chi connectivity index (χ2v) is 14.9. The van der Waals surface area contributed by atoms with Gasteiger partial charge in [-0.1, -0.05) is 64.1 Å². The summed E-state index contributed by atoms with van der Waals surface area (Å²) < 4.78 is 12.1. The molecule has 7 heteroatoms. The molecule has 0 aliphatic heterocycles. The Labute approximate surface area is 264 Å². The van der Waals surface area contributed by atoms with E-state index in [0.29, 0.717) is 36.5 Å². The van der Waals surface area contributed by atoms with E-state index in [1.807, 2.05) is 13.8 Å². The van der Waals surface area contributed by atoms with Gasteiger partial charge in [0.25, 0.3) is 0 Å². The first kappa shape index (κ1) is 33.1. The summed E-state index contributed by atoms with van der Waals surface area (Å²) in [5, 5.41) is 24.7. The number of hydrogen-bond acceptors (Lipinski definition) is 7. The topological polar surface area (TPSA) is 106 Å². The Bertz CT molecular complexity index is 1240. The van der Waals surface area contributed by atoms with Crippen LogP contribution in [0.4, 0.5) is 0 Å². The van der Waals surface area contributed by atoms with E-state index in [9.17, 15) is 15.0 Å². The first-order valence-corrected chi connectivity index (χ1v) is 17.5. The lowest BCUT2D eigenvalue weighted by Gasteiger charge is -2.44. The lowest BCUT2D eigenvalue weighted by atomic mass is 9.60. The zero-order valence-corrected chi connectivity index (χ0v) is 27.8. The maximum Gasteiger partial charge on any atom is 0.308 e. The van der Waals surface area contributed by atoms with E-state index >= 15 is 0 Å². The van der Waals surface area contributed by atoms with Gasteiger partial charge < -0.3 is 19.5 Å². The summed E-state index contributed by atoms with van der Waals surface area (Å²) in [5.74, 6) is 2.82. The minimum absolute atomic E-state index is 0.116. The molecule has 1 aromatic rings. The van der Waals surface area contributed by atoms with Gasteiger partial charge in [0.2, 0.25) is 5.89 Å². The molecule has 4 saturated carbocycles. The number of hydrogen-bond donors (Lipinski definition) is 2. The van der Waals surface area contributed by atoms with Crippen LogP contribution in [0.2, 0.25) is 0 Å². The van der Waals surface area contributed by atoms with Crippen molar-refractivity contribution in [2.75, 3.05) is 0 Å². The van der Waals surface area contributed by atoms with Crippen molar-refractivity contribution in [2.45, 2.75) is 148 Å². The second kappa shape index (κ2) is 13.6. The number of aliphatic hydroxyl groups excluding tert-OH is 2. The molecule has 7 nitrogen and oxygen atoms in total. The second-order valence-electron chi connectivity index (χ2n) is 14.9.